The number of aromatic nitrogens is 2. The molecule has 1 aliphatic heterocycles. The summed E-state index contributed by atoms with van der Waals surface area (Å²) in [4.78, 5) is 6.24. The van der Waals surface area contributed by atoms with Gasteiger partial charge in [0.15, 0.2) is 14.9 Å². The first-order chi connectivity index (χ1) is 9.37. The van der Waals surface area contributed by atoms with Crippen LogP contribution in [0.2, 0.25) is 0 Å². The quantitative estimate of drug-likeness (QED) is 0.736. The summed E-state index contributed by atoms with van der Waals surface area (Å²) in [7, 11) is -5.50. The summed E-state index contributed by atoms with van der Waals surface area (Å²) in [5.74, 6) is -0.135. The van der Waals surface area contributed by atoms with E-state index in [-0.39, 0.29) is 29.7 Å². The Labute approximate surface area is 118 Å². The lowest BCUT2D eigenvalue weighted by atomic mass is 10.3. The fourth-order valence-corrected chi connectivity index (χ4v) is 5.55. The van der Waals surface area contributed by atoms with Crippen molar-refractivity contribution in [3.8, 4) is 0 Å². The molecule has 114 valence electrons. The first-order valence-electron chi connectivity index (χ1n) is 6.06. The Morgan fingerprint density at radius 3 is 2.80 bits per heavy atom. The molecule has 0 bridgehead atoms. The van der Waals surface area contributed by atoms with Gasteiger partial charge in [0.25, 0.3) is 10.0 Å². The van der Waals surface area contributed by atoms with E-state index in [2.05, 4.69) is 9.97 Å². The highest BCUT2D eigenvalue weighted by molar-refractivity contribution is 7.92. The van der Waals surface area contributed by atoms with Crippen molar-refractivity contribution in [1.29, 1.82) is 0 Å². The number of sulfone groups is 1. The fraction of sp³-hybridized carbons (Fsp3) is 0.700. The number of nitrogens with one attached hydrogen (secondary N) is 1. The third-order valence-electron chi connectivity index (χ3n) is 3.19. The summed E-state index contributed by atoms with van der Waals surface area (Å²) in [5.41, 5.74) is 0. The average molecular weight is 323 g/mol. The van der Waals surface area contributed by atoms with Gasteiger partial charge in [-0.3, -0.25) is 0 Å². The summed E-state index contributed by atoms with van der Waals surface area (Å²) in [6.45, 7) is 0.307. The largest absolute Gasteiger partial charge is 0.383 e. The van der Waals surface area contributed by atoms with Crippen molar-refractivity contribution in [2.24, 2.45) is 0 Å². The van der Waals surface area contributed by atoms with Crippen LogP contribution in [0, 0.1) is 0 Å². The first kappa shape index (κ1) is 15.4. The van der Waals surface area contributed by atoms with E-state index in [0.29, 0.717) is 6.42 Å². The second-order valence-corrected chi connectivity index (χ2v) is 8.67. The van der Waals surface area contributed by atoms with E-state index < -0.39 is 25.9 Å². The SMILES string of the molecule is COCCN(C1CCS(=O)(=O)C1)S(=O)(=O)c1cnc[nH]1. The summed E-state index contributed by atoms with van der Waals surface area (Å²) in [6.07, 6.45) is 2.78. The molecule has 1 N–H and O–H groups in total. The molecule has 1 aromatic rings. The summed E-state index contributed by atoms with van der Waals surface area (Å²) in [5, 5.41) is -0.0436. The van der Waals surface area contributed by atoms with Crippen LogP contribution in [0.4, 0.5) is 0 Å². The van der Waals surface area contributed by atoms with E-state index in [1.165, 1.54) is 23.9 Å². The number of sulfonamides is 1. The Kier molecular flexibility index (Phi) is 4.47. The van der Waals surface area contributed by atoms with Crippen LogP contribution in [0.3, 0.4) is 0 Å². The maximum absolute atomic E-state index is 12.5. The first-order valence-corrected chi connectivity index (χ1v) is 9.32. The molecule has 0 aliphatic carbocycles. The van der Waals surface area contributed by atoms with Crippen molar-refractivity contribution >= 4 is 19.9 Å². The van der Waals surface area contributed by atoms with Crippen LogP contribution < -0.4 is 0 Å². The second-order valence-electron chi connectivity index (χ2n) is 4.58. The second kappa shape index (κ2) is 5.80. The number of hydrogen-bond donors (Lipinski definition) is 1. The lowest BCUT2D eigenvalue weighted by Crippen LogP contribution is -2.43. The van der Waals surface area contributed by atoms with Gasteiger partial charge in [0, 0.05) is 19.7 Å². The van der Waals surface area contributed by atoms with Gasteiger partial charge in [-0.05, 0) is 6.42 Å². The third kappa shape index (κ3) is 3.19. The topological polar surface area (TPSA) is 109 Å². The number of ether oxygens (including phenoxy) is 1. The normalized spacial score (nSPS) is 22.4. The smallest absolute Gasteiger partial charge is 0.260 e. The number of H-pyrrole nitrogens is 1. The van der Waals surface area contributed by atoms with E-state index >= 15 is 0 Å². The predicted octanol–water partition coefficient (Wildman–Crippen LogP) is -0.766. The minimum atomic E-state index is -3.79. The van der Waals surface area contributed by atoms with Crippen molar-refractivity contribution in [3.05, 3.63) is 12.5 Å². The molecule has 0 amide bonds. The maximum Gasteiger partial charge on any atom is 0.260 e. The molecule has 2 heterocycles. The van der Waals surface area contributed by atoms with Crippen LogP contribution in [0.1, 0.15) is 6.42 Å². The van der Waals surface area contributed by atoms with Crippen LogP contribution in [-0.4, -0.2) is 68.9 Å². The Bertz CT molecular complexity index is 638. The Hall–Kier alpha value is -0.970. The zero-order valence-corrected chi connectivity index (χ0v) is 12.7. The molecule has 1 unspecified atom stereocenters. The van der Waals surface area contributed by atoms with Crippen molar-refractivity contribution in [3.63, 3.8) is 0 Å². The number of imidazole rings is 1. The van der Waals surface area contributed by atoms with E-state index in [1.54, 1.807) is 0 Å². The van der Waals surface area contributed by atoms with Gasteiger partial charge < -0.3 is 9.72 Å². The highest BCUT2D eigenvalue weighted by Crippen LogP contribution is 2.23. The van der Waals surface area contributed by atoms with Crippen LogP contribution in [0.5, 0.6) is 0 Å². The molecule has 1 fully saturated rings. The maximum atomic E-state index is 12.5. The standard InChI is InChI=1S/C10H17N3O5S2/c1-18-4-3-13(9-2-5-19(14,15)7-9)20(16,17)10-6-11-8-12-10/h6,8-9H,2-5,7H2,1H3,(H,11,12). The van der Waals surface area contributed by atoms with Gasteiger partial charge in [-0.1, -0.05) is 0 Å². The molecule has 1 atom stereocenters. The fourth-order valence-electron chi connectivity index (χ4n) is 2.19. The van der Waals surface area contributed by atoms with Crippen LogP contribution in [-0.2, 0) is 24.6 Å². The van der Waals surface area contributed by atoms with Gasteiger partial charge >= 0.3 is 0 Å². The lowest BCUT2D eigenvalue weighted by molar-refractivity contribution is 0.169. The van der Waals surface area contributed by atoms with E-state index in [9.17, 15) is 16.8 Å². The number of methoxy groups -OCH3 is 1. The molecule has 1 aliphatic rings. The van der Waals surface area contributed by atoms with Crippen molar-refractivity contribution in [2.75, 3.05) is 31.8 Å². The van der Waals surface area contributed by atoms with Crippen molar-refractivity contribution in [1.82, 2.24) is 14.3 Å². The van der Waals surface area contributed by atoms with Crippen molar-refractivity contribution in [2.45, 2.75) is 17.5 Å². The van der Waals surface area contributed by atoms with Crippen molar-refractivity contribution < 1.29 is 21.6 Å². The molecule has 2 rings (SSSR count). The highest BCUT2D eigenvalue weighted by Gasteiger charge is 2.39. The lowest BCUT2D eigenvalue weighted by Gasteiger charge is -2.26. The van der Waals surface area contributed by atoms with Gasteiger partial charge in [-0.15, -0.1) is 0 Å². The monoisotopic (exact) mass is 323 g/mol. The van der Waals surface area contributed by atoms with Gasteiger partial charge in [-0.2, -0.15) is 4.31 Å². The molecule has 0 aromatic carbocycles. The van der Waals surface area contributed by atoms with Gasteiger partial charge in [0.05, 0.1) is 30.6 Å². The number of nitrogens with zero attached hydrogens (tertiary/aromatic N) is 2. The van der Waals surface area contributed by atoms with Crippen LogP contribution >= 0.6 is 0 Å². The molecule has 1 saturated heterocycles. The van der Waals surface area contributed by atoms with Gasteiger partial charge in [0.2, 0.25) is 0 Å². The summed E-state index contributed by atoms with van der Waals surface area (Å²) < 4.78 is 54.2. The Morgan fingerprint density at radius 2 is 2.30 bits per heavy atom. The minimum Gasteiger partial charge on any atom is -0.383 e. The zero-order chi connectivity index (χ0) is 14.8. The summed E-state index contributed by atoms with van der Waals surface area (Å²) in [6, 6.07) is -0.552. The Morgan fingerprint density at radius 1 is 1.55 bits per heavy atom. The predicted molar refractivity (Wildman–Crippen MR) is 71.4 cm³/mol. The van der Waals surface area contributed by atoms with E-state index in [1.807, 2.05) is 0 Å². The van der Waals surface area contributed by atoms with E-state index in [4.69, 9.17) is 4.74 Å². The average Bonchev–Trinajstić information content (AvgIpc) is 2.99. The van der Waals surface area contributed by atoms with Crippen LogP contribution in [0.15, 0.2) is 17.6 Å². The van der Waals surface area contributed by atoms with Gasteiger partial charge in [0.1, 0.15) is 0 Å². The third-order valence-corrected chi connectivity index (χ3v) is 6.82. The van der Waals surface area contributed by atoms with Gasteiger partial charge in [-0.25, -0.2) is 21.8 Å². The molecule has 0 radical (unpaired) electrons. The molecule has 20 heavy (non-hydrogen) atoms. The molecule has 0 spiro atoms. The molecule has 1 aromatic heterocycles. The van der Waals surface area contributed by atoms with E-state index in [0.717, 1.165) is 0 Å². The number of hydrogen-bond acceptors (Lipinski definition) is 6. The summed E-state index contributed by atoms with van der Waals surface area (Å²) >= 11 is 0. The zero-order valence-electron chi connectivity index (χ0n) is 11.0. The molecule has 8 nitrogen and oxygen atoms in total. The molecule has 0 saturated carbocycles. The van der Waals surface area contributed by atoms with Crippen LogP contribution in [0.25, 0.3) is 0 Å². The molecular formula is C10H17N3O5S2. The Balaban J connectivity index is 2.29. The number of rotatable bonds is 6. The molecule has 10 heteroatoms. The highest BCUT2D eigenvalue weighted by atomic mass is 32.2. The molecular weight excluding hydrogens is 306 g/mol. The minimum absolute atomic E-state index is 0.0135. The number of aromatic amines is 1.